The van der Waals surface area contributed by atoms with Crippen molar-refractivity contribution in [2.45, 2.75) is 195 Å². The normalized spacial score (nSPS) is 42.5. The van der Waals surface area contributed by atoms with E-state index in [-0.39, 0.29) is 13.5 Å². The average Bonchev–Trinajstić information content (AvgIpc) is 4.00. The van der Waals surface area contributed by atoms with Crippen LogP contribution in [0.5, 0.6) is 0 Å². The molecule has 51 heavy (non-hydrogen) atoms. The molecule has 0 aromatic heterocycles. The fraction of sp³-hybridized carbons (Fsp3) is 1.00. The molecular weight excluding hydrogens is 640 g/mol. The summed E-state index contributed by atoms with van der Waals surface area (Å²) in [6, 6.07) is 0. The van der Waals surface area contributed by atoms with Crippen molar-refractivity contribution in [3.05, 3.63) is 0 Å². The summed E-state index contributed by atoms with van der Waals surface area (Å²) in [6.45, 7) is 24.1. The Labute approximate surface area is 314 Å². The number of epoxide rings is 3. The van der Waals surface area contributed by atoms with Crippen LogP contribution in [0.3, 0.4) is 0 Å². The lowest BCUT2D eigenvalue weighted by atomic mass is 9.76. The van der Waals surface area contributed by atoms with E-state index in [9.17, 15) is 0 Å². The lowest BCUT2D eigenvalue weighted by molar-refractivity contribution is -0.144. The second-order valence-electron chi connectivity index (χ2n) is 18.0. The molecule has 0 N–H and O–H groups in total. The molecule has 300 valence electrons. The van der Waals surface area contributed by atoms with E-state index in [2.05, 4.69) is 41.5 Å². The van der Waals surface area contributed by atoms with Gasteiger partial charge in [0, 0.05) is 13.2 Å². The lowest BCUT2D eigenvalue weighted by Gasteiger charge is -2.26. The molecule has 5 aliphatic carbocycles. The van der Waals surface area contributed by atoms with Gasteiger partial charge in [-0.2, -0.15) is 0 Å². The molecule has 4 saturated heterocycles. The van der Waals surface area contributed by atoms with Crippen molar-refractivity contribution in [1.29, 1.82) is 0 Å². The molecule has 0 amide bonds. The molecule has 9 rings (SSSR count). The predicted octanol–water partition coefficient (Wildman–Crippen LogP) is 10.3. The zero-order chi connectivity index (χ0) is 35.9. The number of hydrogen-bond acceptors (Lipinski definition) is 7. The Bertz CT molecular complexity index is 987. The van der Waals surface area contributed by atoms with E-state index in [0.29, 0.717) is 31.0 Å². The number of rotatable bonds is 11. The smallest absolute Gasteiger partial charge is 0.163 e. The van der Waals surface area contributed by atoms with Gasteiger partial charge < -0.3 is 33.2 Å². The number of fused-ring (bicyclic) bond motifs is 7. The van der Waals surface area contributed by atoms with Crippen molar-refractivity contribution < 1.29 is 33.2 Å². The Hall–Kier alpha value is -0.280. The highest BCUT2D eigenvalue weighted by Gasteiger charge is 2.62. The Morgan fingerprint density at radius 1 is 0.745 bits per heavy atom. The molecule has 0 spiro atoms. The molecular formula is C44H82O7. The molecule has 14 unspecified atom stereocenters. The van der Waals surface area contributed by atoms with Gasteiger partial charge in [-0.05, 0) is 133 Å². The first kappa shape index (κ1) is 43.4. The molecule has 9 aliphatic rings. The van der Waals surface area contributed by atoms with E-state index in [1.807, 2.05) is 20.8 Å². The van der Waals surface area contributed by atoms with Gasteiger partial charge in [0.25, 0.3) is 0 Å². The third-order valence-electron chi connectivity index (χ3n) is 13.6. The van der Waals surface area contributed by atoms with Crippen LogP contribution in [0.1, 0.15) is 153 Å². The number of hydrogen-bond donors (Lipinski definition) is 0. The minimum atomic E-state index is -0.415. The van der Waals surface area contributed by atoms with Crippen molar-refractivity contribution >= 4 is 0 Å². The minimum Gasteiger partial charge on any atom is -0.379 e. The van der Waals surface area contributed by atoms with Gasteiger partial charge in [-0.1, -0.05) is 67.7 Å². The Morgan fingerprint density at radius 3 is 2.06 bits per heavy atom. The first-order valence-corrected chi connectivity index (χ1v) is 21.4. The maximum absolute atomic E-state index is 5.69. The monoisotopic (exact) mass is 723 g/mol. The molecule has 4 aliphatic heterocycles. The predicted molar refractivity (Wildman–Crippen MR) is 207 cm³/mol. The highest BCUT2D eigenvalue weighted by Crippen LogP contribution is 2.59. The zero-order valence-corrected chi connectivity index (χ0v) is 33.8. The van der Waals surface area contributed by atoms with Gasteiger partial charge in [-0.25, -0.2) is 0 Å². The summed E-state index contributed by atoms with van der Waals surface area (Å²) in [4.78, 5) is 0. The summed E-state index contributed by atoms with van der Waals surface area (Å²) in [5.41, 5.74) is 0.309. The maximum Gasteiger partial charge on any atom is 0.163 e. The molecule has 5 saturated carbocycles. The summed E-state index contributed by atoms with van der Waals surface area (Å²) in [5, 5.41) is 0. The standard InChI is InChI=1S/C11H20O.C9H14O.C9H16.C8H16O3.C6H12O2.CH4/c1-4-8(2)9-5-6-11(3)10(7-9)12-11;1-2-5-3-6-4-7(5)9-8(6)10-9;1-2-7-3-4-8-6-9(8)5-7;1-4-9-5-7-6-10-8(2,3)11-7;1-2-3-7-4-6-5-8-6;/h8-10H,4-7H2,1-3H3;5-9H,2-4H2,1H3;7-9H,2-6H2,1H3;7H,4-6H2,1-3H3;6H,2-5H2,1H3;1H4. The average molecular weight is 723 g/mol. The molecule has 0 radical (unpaired) electrons. The Balaban J connectivity index is 0.000000143. The summed E-state index contributed by atoms with van der Waals surface area (Å²) in [5.74, 6) is 7.87. The van der Waals surface area contributed by atoms with Crippen LogP contribution < -0.4 is 0 Å². The topological polar surface area (TPSA) is 74.5 Å². The quantitative estimate of drug-likeness (QED) is 0.155. The van der Waals surface area contributed by atoms with Crippen LogP contribution in [0.4, 0.5) is 0 Å². The summed E-state index contributed by atoms with van der Waals surface area (Å²) in [7, 11) is 0. The summed E-state index contributed by atoms with van der Waals surface area (Å²) >= 11 is 0. The van der Waals surface area contributed by atoms with E-state index >= 15 is 0 Å². The molecule has 14 atom stereocenters. The van der Waals surface area contributed by atoms with Crippen LogP contribution in [-0.2, 0) is 33.2 Å². The Morgan fingerprint density at radius 2 is 1.51 bits per heavy atom. The van der Waals surface area contributed by atoms with Crippen LogP contribution in [0.25, 0.3) is 0 Å². The highest BCUT2D eigenvalue weighted by molar-refractivity contribution is 5.10. The first-order valence-electron chi connectivity index (χ1n) is 21.4. The van der Waals surface area contributed by atoms with Gasteiger partial charge in [0.1, 0.15) is 12.2 Å². The molecule has 4 heterocycles. The third-order valence-corrected chi connectivity index (χ3v) is 13.6. The molecule has 0 aromatic carbocycles. The van der Waals surface area contributed by atoms with Gasteiger partial charge in [0.15, 0.2) is 5.79 Å². The van der Waals surface area contributed by atoms with E-state index in [1.165, 1.54) is 69.6 Å². The molecule has 9 fully saturated rings. The first-order chi connectivity index (χ1) is 24.0. The van der Waals surface area contributed by atoms with E-state index < -0.39 is 5.79 Å². The van der Waals surface area contributed by atoms with Crippen molar-refractivity contribution in [2.75, 3.05) is 39.6 Å². The molecule has 7 heteroatoms. The van der Waals surface area contributed by atoms with Gasteiger partial charge in [0.2, 0.25) is 0 Å². The van der Waals surface area contributed by atoms with Crippen molar-refractivity contribution in [2.24, 2.45) is 47.3 Å². The minimum absolute atomic E-state index is 0. The van der Waals surface area contributed by atoms with E-state index in [4.69, 9.17) is 33.2 Å². The molecule has 2 bridgehead atoms. The third kappa shape index (κ3) is 13.2. The largest absolute Gasteiger partial charge is 0.379 e. The maximum atomic E-state index is 5.69. The van der Waals surface area contributed by atoms with E-state index in [1.54, 1.807) is 19.3 Å². The van der Waals surface area contributed by atoms with Crippen molar-refractivity contribution in [3.8, 4) is 0 Å². The molecule has 7 nitrogen and oxygen atoms in total. The number of ether oxygens (including phenoxy) is 7. The van der Waals surface area contributed by atoms with Gasteiger partial charge in [-0.15, -0.1) is 0 Å². The van der Waals surface area contributed by atoms with Crippen LogP contribution in [0.15, 0.2) is 0 Å². The van der Waals surface area contributed by atoms with Crippen LogP contribution >= 0.6 is 0 Å². The van der Waals surface area contributed by atoms with Gasteiger partial charge in [-0.3, -0.25) is 0 Å². The lowest BCUT2D eigenvalue weighted by Crippen LogP contribution is -2.24. The zero-order valence-electron chi connectivity index (χ0n) is 33.8. The molecule has 0 aromatic rings. The highest BCUT2D eigenvalue weighted by atomic mass is 16.7. The Kier molecular flexibility index (Phi) is 17.1. The van der Waals surface area contributed by atoms with Gasteiger partial charge in [0.05, 0.1) is 50.3 Å². The SMILES string of the molecule is C.CCC(C)C1CCC2(C)OC2C1.CCC1CC2CC1C1OC21.CCC1CCC2CC2C1.CCCOCC1CO1.CCOCC1COC(C)(C)O1. The second-order valence-corrected chi connectivity index (χ2v) is 18.0. The van der Waals surface area contributed by atoms with Crippen molar-refractivity contribution in [3.63, 3.8) is 0 Å². The second kappa shape index (κ2) is 20.1. The van der Waals surface area contributed by atoms with E-state index in [0.717, 1.165) is 80.6 Å². The fourth-order valence-corrected chi connectivity index (χ4v) is 9.66. The summed E-state index contributed by atoms with van der Waals surface area (Å²) < 4.78 is 37.4. The van der Waals surface area contributed by atoms with Gasteiger partial charge >= 0.3 is 0 Å². The summed E-state index contributed by atoms with van der Waals surface area (Å²) in [6.07, 6.45) is 21.1. The van der Waals surface area contributed by atoms with Crippen LogP contribution in [-0.4, -0.2) is 81.5 Å². The van der Waals surface area contributed by atoms with Crippen LogP contribution in [0, 0.1) is 47.3 Å². The van der Waals surface area contributed by atoms with Crippen molar-refractivity contribution in [1.82, 2.24) is 0 Å². The van der Waals surface area contributed by atoms with Crippen LogP contribution in [0.2, 0.25) is 0 Å². The fourth-order valence-electron chi connectivity index (χ4n) is 9.66.